The second kappa shape index (κ2) is 6.03. The van der Waals surface area contributed by atoms with Crippen LogP contribution in [0.4, 0.5) is 0 Å². The van der Waals surface area contributed by atoms with E-state index in [2.05, 4.69) is 32.7 Å². The molecule has 0 amide bonds. The van der Waals surface area contributed by atoms with Crippen molar-refractivity contribution in [3.63, 3.8) is 0 Å². The predicted molar refractivity (Wildman–Crippen MR) is 90.0 cm³/mol. The van der Waals surface area contributed by atoms with E-state index in [0.717, 1.165) is 14.8 Å². The van der Waals surface area contributed by atoms with Gasteiger partial charge in [-0.3, -0.25) is 0 Å². The van der Waals surface area contributed by atoms with Gasteiger partial charge in [0.2, 0.25) is 5.88 Å². The zero-order chi connectivity index (χ0) is 14.8. The van der Waals surface area contributed by atoms with Gasteiger partial charge in [-0.25, -0.2) is 4.98 Å². The van der Waals surface area contributed by atoms with Gasteiger partial charge in [0.25, 0.3) is 0 Å². The van der Waals surface area contributed by atoms with E-state index in [1.54, 1.807) is 12.3 Å². The number of benzene rings is 1. The molecule has 0 fully saturated rings. The summed E-state index contributed by atoms with van der Waals surface area (Å²) in [5, 5.41) is 15.1. The van der Waals surface area contributed by atoms with Gasteiger partial charge in [-0.15, -0.1) is 0 Å². The van der Waals surface area contributed by atoms with Gasteiger partial charge in [-0.2, -0.15) is 9.78 Å². The summed E-state index contributed by atoms with van der Waals surface area (Å²) in [5.41, 5.74) is 1.86. The average Bonchev–Trinajstić information content (AvgIpc) is 2.82. The molecule has 0 aliphatic heterocycles. The summed E-state index contributed by atoms with van der Waals surface area (Å²) in [6.45, 7) is 0. The highest BCUT2D eigenvalue weighted by atomic mass is 127. The van der Waals surface area contributed by atoms with Crippen LogP contribution in [0.1, 0.15) is 11.3 Å². The average molecular weight is 412 g/mol. The quantitative estimate of drug-likeness (QED) is 0.667. The van der Waals surface area contributed by atoms with Gasteiger partial charge in [0, 0.05) is 27.3 Å². The first-order valence-corrected chi connectivity index (χ1v) is 7.72. The van der Waals surface area contributed by atoms with Crippen LogP contribution in [0.25, 0.3) is 5.82 Å². The Bertz CT molecular complexity index is 771. The Morgan fingerprint density at radius 3 is 2.62 bits per heavy atom. The van der Waals surface area contributed by atoms with E-state index in [-0.39, 0.29) is 5.88 Å². The second-order valence-electron chi connectivity index (χ2n) is 4.54. The molecule has 0 bridgehead atoms. The first-order chi connectivity index (χ1) is 10.1. The highest BCUT2D eigenvalue weighted by Crippen LogP contribution is 2.20. The van der Waals surface area contributed by atoms with Crippen LogP contribution in [0.15, 0.2) is 48.7 Å². The zero-order valence-electron chi connectivity index (χ0n) is 10.9. The SMILES string of the molecule is Oc1cc(Cc2ccc(Cl)cc2)nn1-c1cc(I)ccn1. The number of pyridine rings is 1. The fourth-order valence-corrected chi connectivity index (χ4v) is 2.56. The van der Waals surface area contributed by atoms with Gasteiger partial charge in [0.15, 0.2) is 5.82 Å². The van der Waals surface area contributed by atoms with Gasteiger partial charge in [-0.1, -0.05) is 23.7 Å². The minimum atomic E-state index is 0.0773. The van der Waals surface area contributed by atoms with Crippen molar-refractivity contribution in [3.8, 4) is 11.7 Å². The molecule has 2 heterocycles. The molecule has 0 unspecified atom stereocenters. The molecular weight excluding hydrogens is 401 g/mol. The molecule has 1 aromatic carbocycles. The van der Waals surface area contributed by atoms with Crippen LogP contribution < -0.4 is 0 Å². The van der Waals surface area contributed by atoms with Crippen LogP contribution in [-0.4, -0.2) is 19.9 Å². The zero-order valence-corrected chi connectivity index (χ0v) is 13.8. The van der Waals surface area contributed by atoms with Crippen LogP contribution in [0, 0.1) is 3.57 Å². The lowest BCUT2D eigenvalue weighted by Crippen LogP contribution is -2.00. The summed E-state index contributed by atoms with van der Waals surface area (Å²) < 4.78 is 2.47. The fraction of sp³-hybridized carbons (Fsp3) is 0.0667. The van der Waals surface area contributed by atoms with Crippen molar-refractivity contribution in [3.05, 3.63) is 68.5 Å². The topological polar surface area (TPSA) is 50.9 Å². The number of hydrogen-bond donors (Lipinski definition) is 1. The van der Waals surface area contributed by atoms with Crippen LogP contribution in [0.2, 0.25) is 5.02 Å². The molecule has 106 valence electrons. The van der Waals surface area contributed by atoms with E-state index in [1.807, 2.05) is 36.4 Å². The highest BCUT2D eigenvalue weighted by Gasteiger charge is 2.10. The maximum atomic E-state index is 10.0. The molecule has 0 atom stereocenters. The van der Waals surface area contributed by atoms with Crippen molar-refractivity contribution < 1.29 is 5.11 Å². The molecule has 0 spiro atoms. The van der Waals surface area contributed by atoms with Crippen molar-refractivity contribution in [2.75, 3.05) is 0 Å². The molecule has 3 aromatic rings. The Morgan fingerprint density at radius 1 is 1.14 bits per heavy atom. The van der Waals surface area contributed by atoms with Crippen LogP contribution in [0.5, 0.6) is 5.88 Å². The Morgan fingerprint density at radius 2 is 1.90 bits per heavy atom. The standard InChI is InChI=1S/C15H11ClIN3O/c16-11-3-1-10(2-4-11)7-13-9-15(21)20(19-13)14-8-12(17)5-6-18-14/h1-6,8-9,21H,7H2. The molecule has 0 radical (unpaired) electrons. The normalized spacial score (nSPS) is 10.8. The number of rotatable bonds is 3. The summed E-state index contributed by atoms with van der Waals surface area (Å²) in [5.74, 6) is 0.676. The number of nitrogens with zero attached hydrogens (tertiary/aromatic N) is 3. The molecule has 21 heavy (non-hydrogen) atoms. The van der Waals surface area contributed by atoms with E-state index in [1.165, 1.54) is 4.68 Å². The number of hydrogen-bond acceptors (Lipinski definition) is 3. The van der Waals surface area contributed by atoms with Gasteiger partial charge in [0.1, 0.15) is 0 Å². The first-order valence-electron chi connectivity index (χ1n) is 6.26. The lowest BCUT2D eigenvalue weighted by atomic mass is 10.1. The Kier molecular flexibility index (Phi) is 4.12. The van der Waals surface area contributed by atoms with Crippen LogP contribution in [0.3, 0.4) is 0 Å². The largest absolute Gasteiger partial charge is 0.493 e. The van der Waals surface area contributed by atoms with Crippen molar-refractivity contribution in [1.29, 1.82) is 0 Å². The van der Waals surface area contributed by atoms with Gasteiger partial charge in [-0.05, 0) is 52.4 Å². The van der Waals surface area contributed by atoms with Crippen LogP contribution in [-0.2, 0) is 6.42 Å². The van der Waals surface area contributed by atoms with E-state index in [9.17, 15) is 5.11 Å². The third-order valence-corrected chi connectivity index (χ3v) is 3.89. The van der Waals surface area contributed by atoms with Gasteiger partial charge in [0.05, 0.1) is 5.69 Å². The molecule has 4 nitrogen and oxygen atoms in total. The maximum absolute atomic E-state index is 10.0. The van der Waals surface area contributed by atoms with E-state index >= 15 is 0 Å². The summed E-state index contributed by atoms with van der Waals surface area (Å²) in [7, 11) is 0. The van der Waals surface area contributed by atoms with Gasteiger partial charge < -0.3 is 5.11 Å². The Hall–Kier alpha value is -1.60. The Balaban J connectivity index is 1.89. The molecule has 0 saturated carbocycles. The summed E-state index contributed by atoms with van der Waals surface area (Å²) in [6.07, 6.45) is 2.32. The predicted octanol–water partition coefficient (Wildman–Crippen LogP) is 3.82. The summed E-state index contributed by atoms with van der Waals surface area (Å²) in [4.78, 5) is 4.22. The van der Waals surface area contributed by atoms with Crippen molar-refractivity contribution in [2.24, 2.45) is 0 Å². The summed E-state index contributed by atoms with van der Waals surface area (Å²) in [6, 6.07) is 13.0. The van der Waals surface area contributed by atoms with Crippen molar-refractivity contribution >= 4 is 34.2 Å². The molecule has 0 saturated heterocycles. The van der Waals surface area contributed by atoms with E-state index in [0.29, 0.717) is 17.3 Å². The third kappa shape index (κ3) is 3.36. The molecule has 0 aliphatic carbocycles. The second-order valence-corrected chi connectivity index (χ2v) is 6.22. The lowest BCUT2D eigenvalue weighted by Gasteiger charge is -2.02. The number of halogens is 2. The van der Waals surface area contributed by atoms with E-state index < -0.39 is 0 Å². The fourth-order valence-electron chi connectivity index (χ4n) is 1.99. The smallest absolute Gasteiger partial charge is 0.215 e. The number of aromatic hydroxyl groups is 1. The van der Waals surface area contributed by atoms with E-state index in [4.69, 9.17) is 11.6 Å². The minimum Gasteiger partial charge on any atom is -0.493 e. The minimum absolute atomic E-state index is 0.0773. The van der Waals surface area contributed by atoms with Crippen LogP contribution >= 0.6 is 34.2 Å². The molecule has 6 heteroatoms. The maximum Gasteiger partial charge on any atom is 0.215 e. The Labute approximate surface area is 140 Å². The highest BCUT2D eigenvalue weighted by molar-refractivity contribution is 14.1. The van der Waals surface area contributed by atoms with Crippen molar-refractivity contribution in [1.82, 2.24) is 14.8 Å². The monoisotopic (exact) mass is 411 g/mol. The molecule has 2 aromatic heterocycles. The van der Waals surface area contributed by atoms with Crippen molar-refractivity contribution in [2.45, 2.75) is 6.42 Å². The first kappa shape index (κ1) is 14.3. The third-order valence-electron chi connectivity index (χ3n) is 2.96. The summed E-state index contributed by atoms with van der Waals surface area (Å²) >= 11 is 8.07. The molecule has 3 rings (SSSR count). The molecular formula is C15H11ClIN3O. The lowest BCUT2D eigenvalue weighted by molar-refractivity contribution is 0.432. The van der Waals surface area contributed by atoms with Gasteiger partial charge >= 0.3 is 0 Å². The molecule has 1 N–H and O–H groups in total. The number of aromatic nitrogens is 3. The molecule has 0 aliphatic rings.